The Morgan fingerprint density at radius 1 is 1.03 bits per heavy atom. The monoisotopic (exact) mass is 516 g/mol. The molecule has 10 heteroatoms. The van der Waals surface area contributed by atoms with Gasteiger partial charge < -0.3 is 24.3 Å². The van der Waals surface area contributed by atoms with Crippen molar-refractivity contribution in [2.75, 3.05) is 56.2 Å². The summed E-state index contributed by atoms with van der Waals surface area (Å²) in [6, 6.07) is 6.29. The molecule has 0 atom stereocenters. The Morgan fingerprint density at radius 3 is 2.68 bits per heavy atom. The molecule has 3 aromatic rings. The first kappa shape index (κ1) is 23.5. The van der Waals surface area contributed by atoms with Gasteiger partial charge >= 0.3 is 0 Å². The topological polar surface area (TPSA) is 117 Å². The van der Waals surface area contributed by atoms with E-state index in [2.05, 4.69) is 32.3 Å². The highest BCUT2D eigenvalue weighted by Gasteiger charge is 2.42. The number of H-pyrrole nitrogens is 1. The molecule has 38 heavy (non-hydrogen) atoms. The van der Waals surface area contributed by atoms with Gasteiger partial charge in [0, 0.05) is 55.0 Å². The Kier molecular flexibility index (Phi) is 5.72. The fourth-order valence-electron chi connectivity index (χ4n) is 6.41. The maximum atomic E-state index is 12.8. The number of hydrogen-bond acceptors (Lipinski definition) is 8. The van der Waals surface area contributed by atoms with Crippen molar-refractivity contribution < 1.29 is 13.9 Å². The molecule has 1 aliphatic carbocycles. The Balaban J connectivity index is 1.07. The highest BCUT2D eigenvalue weighted by atomic mass is 16.5. The molecule has 5 heterocycles. The molecule has 198 valence electrons. The zero-order valence-corrected chi connectivity index (χ0v) is 21.4. The van der Waals surface area contributed by atoms with Crippen LogP contribution < -0.4 is 15.8 Å². The Hall–Kier alpha value is -3.66. The summed E-state index contributed by atoms with van der Waals surface area (Å²) >= 11 is 0. The summed E-state index contributed by atoms with van der Waals surface area (Å²) in [7, 11) is 0. The molecule has 4 aliphatic rings. The molecular weight excluding hydrogens is 484 g/mol. The van der Waals surface area contributed by atoms with E-state index < -0.39 is 0 Å². The summed E-state index contributed by atoms with van der Waals surface area (Å²) in [5, 5.41) is 3.61. The van der Waals surface area contributed by atoms with Crippen molar-refractivity contribution in [1.29, 1.82) is 0 Å². The zero-order valence-electron chi connectivity index (χ0n) is 21.4. The fourth-order valence-corrected chi connectivity index (χ4v) is 6.41. The van der Waals surface area contributed by atoms with Crippen LogP contribution in [0.15, 0.2) is 33.7 Å². The van der Waals surface area contributed by atoms with Gasteiger partial charge in [-0.3, -0.25) is 14.6 Å². The van der Waals surface area contributed by atoms with Crippen LogP contribution in [0.1, 0.15) is 53.0 Å². The third kappa shape index (κ3) is 3.98. The first-order chi connectivity index (χ1) is 18.6. The van der Waals surface area contributed by atoms with Gasteiger partial charge in [0.25, 0.3) is 11.5 Å². The average Bonchev–Trinajstić information content (AvgIpc) is 3.59. The summed E-state index contributed by atoms with van der Waals surface area (Å²) in [5.41, 5.74) is 5.52. The number of carbonyl (C=O) groups is 1. The largest absolute Gasteiger partial charge is 0.444 e. The van der Waals surface area contributed by atoms with Crippen LogP contribution in [0, 0.1) is 0 Å². The minimum absolute atomic E-state index is 0.0340. The second-order valence-electron chi connectivity index (χ2n) is 10.8. The quantitative estimate of drug-likeness (QED) is 0.546. The number of aromatic amines is 1. The van der Waals surface area contributed by atoms with Crippen molar-refractivity contribution in [3.8, 4) is 11.5 Å². The lowest BCUT2D eigenvalue weighted by Gasteiger charge is -2.39. The van der Waals surface area contributed by atoms with Crippen molar-refractivity contribution in [3.05, 3.63) is 57.3 Å². The van der Waals surface area contributed by atoms with Crippen LogP contribution in [-0.2, 0) is 23.0 Å². The highest BCUT2D eigenvalue weighted by molar-refractivity contribution is 5.92. The van der Waals surface area contributed by atoms with Gasteiger partial charge in [0.1, 0.15) is 6.26 Å². The third-order valence-corrected chi connectivity index (χ3v) is 8.68. The number of aryl methyl sites for hydroxylation is 1. The van der Waals surface area contributed by atoms with Crippen LogP contribution >= 0.6 is 0 Å². The van der Waals surface area contributed by atoms with E-state index >= 15 is 0 Å². The normalized spacial score (nSPS) is 20.2. The number of carbonyl (C=O) groups excluding carboxylic acids is 1. The lowest BCUT2D eigenvalue weighted by atomic mass is 9.74. The number of hydrogen-bond donors (Lipinski definition) is 2. The number of oxazole rings is 1. The second kappa shape index (κ2) is 9.27. The maximum Gasteiger partial charge on any atom is 0.275 e. The van der Waals surface area contributed by atoms with Crippen LogP contribution in [0.2, 0.25) is 0 Å². The van der Waals surface area contributed by atoms with E-state index in [0.29, 0.717) is 37.9 Å². The molecule has 0 unspecified atom stereocenters. The van der Waals surface area contributed by atoms with E-state index in [0.717, 1.165) is 86.6 Å². The number of nitrogens with one attached hydrogen (secondary N) is 2. The third-order valence-electron chi connectivity index (χ3n) is 8.68. The minimum Gasteiger partial charge on any atom is -0.444 e. The summed E-state index contributed by atoms with van der Waals surface area (Å²) in [5.74, 6) is 1.05. The van der Waals surface area contributed by atoms with Gasteiger partial charge in [-0.25, -0.2) is 9.97 Å². The minimum atomic E-state index is -0.122. The molecule has 2 N–H and O–H groups in total. The standard InChI is InChI=1S/C28H32N6O4/c35-24-19-3-1-2-4-21(19)31-27(32-24)34-9-7-28(8-10-34)17-29-22-15-18(5-6-20(22)28)25-30-23(16-38-25)26(36)33-11-13-37-14-12-33/h5-6,15-16,29H,1-4,7-14,17H2,(H,31,32,35). The zero-order chi connectivity index (χ0) is 25.7. The van der Waals surface area contributed by atoms with E-state index in [9.17, 15) is 9.59 Å². The van der Waals surface area contributed by atoms with Crippen molar-refractivity contribution >= 4 is 17.5 Å². The average molecular weight is 517 g/mol. The Bertz CT molecular complexity index is 1430. The fraction of sp³-hybridized carbons (Fsp3) is 0.500. The highest BCUT2D eigenvalue weighted by Crippen LogP contribution is 2.45. The predicted octanol–water partition coefficient (Wildman–Crippen LogP) is 2.74. The lowest BCUT2D eigenvalue weighted by molar-refractivity contribution is 0.0299. The number of ether oxygens (including phenoxy) is 1. The molecule has 0 bridgehead atoms. The molecule has 1 aromatic carbocycles. The van der Waals surface area contributed by atoms with Crippen molar-refractivity contribution in [2.45, 2.75) is 43.9 Å². The molecule has 1 amide bonds. The second-order valence-corrected chi connectivity index (χ2v) is 10.8. The number of rotatable bonds is 3. The number of nitrogens with zero attached hydrogens (tertiary/aromatic N) is 4. The van der Waals surface area contributed by atoms with Gasteiger partial charge in [0.15, 0.2) is 5.69 Å². The van der Waals surface area contributed by atoms with Gasteiger partial charge in [-0.1, -0.05) is 6.07 Å². The molecule has 1 spiro atoms. The SMILES string of the molecule is O=C(c1coc(-c2ccc3c(c2)NCC32CCN(c3nc4c(c(=O)[nH]3)CCCC4)CC2)n1)N1CCOCC1. The summed E-state index contributed by atoms with van der Waals surface area (Å²) < 4.78 is 11.1. The van der Waals surface area contributed by atoms with Crippen molar-refractivity contribution in [2.24, 2.45) is 0 Å². The maximum absolute atomic E-state index is 12.8. The molecular formula is C28H32N6O4. The van der Waals surface area contributed by atoms with Crippen LogP contribution in [0.4, 0.5) is 11.6 Å². The van der Waals surface area contributed by atoms with Crippen LogP contribution in [0.25, 0.3) is 11.5 Å². The lowest BCUT2D eigenvalue weighted by Crippen LogP contribution is -2.45. The number of benzene rings is 1. The van der Waals surface area contributed by atoms with E-state index in [-0.39, 0.29) is 16.9 Å². The Labute approximate surface area is 220 Å². The first-order valence-corrected chi connectivity index (χ1v) is 13.7. The predicted molar refractivity (Wildman–Crippen MR) is 142 cm³/mol. The summed E-state index contributed by atoms with van der Waals surface area (Å²) in [6.45, 7) is 4.81. The number of morpholine rings is 1. The van der Waals surface area contributed by atoms with E-state index in [1.165, 1.54) is 11.8 Å². The number of amides is 1. The molecule has 2 fully saturated rings. The first-order valence-electron chi connectivity index (χ1n) is 13.7. The van der Waals surface area contributed by atoms with Gasteiger partial charge in [-0.2, -0.15) is 0 Å². The van der Waals surface area contributed by atoms with Crippen LogP contribution in [-0.4, -0.2) is 71.7 Å². The van der Waals surface area contributed by atoms with Crippen molar-refractivity contribution in [3.63, 3.8) is 0 Å². The van der Waals surface area contributed by atoms with E-state index in [1.54, 1.807) is 4.90 Å². The van der Waals surface area contributed by atoms with Gasteiger partial charge in [-0.15, -0.1) is 0 Å². The summed E-state index contributed by atoms with van der Waals surface area (Å²) in [4.78, 5) is 41.8. The van der Waals surface area contributed by atoms with Gasteiger partial charge in [0.05, 0.1) is 18.9 Å². The number of anilines is 2. The molecule has 0 radical (unpaired) electrons. The smallest absolute Gasteiger partial charge is 0.275 e. The molecule has 10 nitrogen and oxygen atoms in total. The molecule has 0 saturated carbocycles. The van der Waals surface area contributed by atoms with Crippen LogP contribution in [0.5, 0.6) is 0 Å². The number of piperidine rings is 1. The summed E-state index contributed by atoms with van der Waals surface area (Å²) in [6.07, 6.45) is 7.32. The number of fused-ring (bicyclic) bond motifs is 3. The van der Waals surface area contributed by atoms with Gasteiger partial charge in [0.2, 0.25) is 11.8 Å². The van der Waals surface area contributed by atoms with E-state index in [1.807, 2.05) is 6.07 Å². The molecule has 2 saturated heterocycles. The van der Waals surface area contributed by atoms with E-state index in [4.69, 9.17) is 14.1 Å². The molecule has 3 aliphatic heterocycles. The molecule has 7 rings (SSSR count). The van der Waals surface area contributed by atoms with Gasteiger partial charge in [-0.05, 0) is 56.2 Å². The Morgan fingerprint density at radius 2 is 1.84 bits per heavy atom. The molecule has 2 aromatic heterocycles. The van der Waals surface area contributed by atoms with Crippen LogP contribution in [0.3, 0.4) is 0 Å². The van der Waals surface area contributed by atoms with Crippen molar-refractivity contribution in [1.82, 2.24) is 19.9 Å². The number of aromatic nitrogens is 3.